The zero-order valence-electron chi connectivity index (χ0n) is 11.3. The number of nitrogens with zero attached hydrogens (tertiary/aromatic N) is 3. The monoisotopic (exact) mass is 251 g/mol. The van der Waals surface area contributed by atoms with Crippen LogP contribution in [-0.4, -0.2) is 18.0 Å². The Morgan fingerprint density at radius 3 is 2.16 bits per heavy atom. The lowest BCUT2D eigenvalue weighted by Gasteiger charge is -2.15. The number of benzene rings is 1. The predicted molar refractivity (Wildman–Crippen MR) is 76.6 cm³/mol. The lowest BCUT2D eigenvalue weighted by atomic mass is 10.0. The van der Waals surface area contributed by atoms with Gasteiger partial charge in [-0.05, 0) is 31.7 Å². The highest BCUT2D eigenvalue weighted by molar-refractivity contribution is 5.81. The molecule has 0 aliphatic rings. The first kappa shape index (κ1) is 14.5. The molecule has 0 aliphatic carbocycles. The molecule has 0 amide bonds. The van der Waals surface area contributed by atoms with E-state index in [0.29, 0.717) is 5.57 Å². The molecular weight excluding hydrogens is 234 g/mol. The van der Waals surface area contributed by atoms with Crippen LogP contribution in [0.3, 0.4) is 0 Å². The standard InChI is InChI=1S/C16H17N3/c1-3-19(4-2)11-10-16(15(12-17)13-18)14-8-6-5-7-9-14/h5-11H,3-4H2,1-2H3/b11-10+. The Labute approximate surface area is 114 Å². The van der Waals surface area contributed by atoms with E-state index in [1.807, 2.05) is 54.7 Å². The van der Waals surface area contributed by atoms with Crippen LogP contribution < -0.4 is 0 Å². The molecule has 1 aromatic rings. The summed E-state index contributed by atoms with van der Waals surface area (Å²) in [6.45, 7) is 5.91. The summed E-state index contributed by atoms with van der Waals surface area (Å²) in [4.78, 5) is 2.11. The van der Waals surface area contributed by atoms with E-state index in [4.69, 9.17) is 10.5 Å². The minimum absolute atomic E-state index is 0.134. The molecule has 0 N–H and O–H groups in total. The summed E-state index contributed by atoms with van der Waals surface area (Å²) in [6, 6.07) is 13.4. The average molecular weight is 251 g/mol. The molecule has 3 nitrogen and oxygen atoms in total. The van der Waals surface area contributed by atoms with Crippen LogP contribution in [0.25, 0.3) is 5.57 Å². The lowest BCUT2D eigenvalue weighted by molar-refractivity contribution is 0.419. The van der Waals surface area contributed by atoms with E-state index in [-0.39, 0.29) is 5.57 Å². The van der Waals surface area contributed by atoms with E-state index < -0.39 is 0 Å². The fraction of sp³-hybridized carbons (Fsp3) is 0.250. The lowest BCUT2D eigenvalue weighted by Crippen LogP contribution is -2.15. The Hall–Kier alpha value is -2.52. The van der Waals surface area contributed by atoms with Crippen molar-refractivity contribution in [1.82, 2.24) is 4.90 Å². The highest BCUT2D eigenvalue weighted by atomic mass is 15.1. The van der Waals surface area contributed by atoms with Gasteiger partial charge in [-0.3, -0.25) is 0 Å². The van der Waals surface area contributed by atoms with Gasteiger partial charge in [0.25, 0.3) is 0 Å². The molecule has 0 saturated heterocycles. The van der Waals surface area contributed by atoms with Crippen LogP contribution in [0.2, 0.25) is 0 Å². The number of hydrogen-bond donors (Lipinski definition) is 0. The number of hydrogen-bond acceptors (Lipinski definition) is 3. The van der Waals surface area contributed by atoms with Crippen molar-refractivity contribution < 1.29 is 0 Å². The zero-order chi connectivity index (χ0) is 14.1. The summed E-state index contributed by atoms with van der Waals surface area (Å²) in [5, 5.41) is 18.1. The van der Waals surface area contributed by atoms with Crippen molar-refractivity contribution in [3.63, 3.8) is 0 Å². The van der Waals surface area contributed by atoms with Crippen LogP contribution in [0.4, 0.5) is 0 Å². The van der Waals surface area contributed by atoms with Gasteiger partial charge in [-0.1, -0.05) is 30.3 Å². The van der Waals surface area contributed by atoms with Gasteiger partial charge in [-0.15, -0.1) is 0 Å². The molecule has 0 unspecified atom stereocenters. The maximum Gasteiger partial charge on any atom is 0.137 e. The van der Waals surface area contributed by atoms with Crippen molar-refractivity contribution in [3.8, 4) is 12.1 Å². The Balaban J connectivity index is 3.21. The quantitative estimate of drug-likeness (QED) is 0.595. The van der Waals surface area contributed by atoms with Gasteiger partial charge in [0.2, 0.25) is 0 Å². The third-order valence-electron chi connectivity index (χ3n) is 2.84. The Morgan fingerprint density at radius 2 is 1.68 bits per heavy atom. The van der Waals surface area contributed by atoms with Crippen molar-refractivity contribution >= 4 is 5.57 Å². The molecule has 0 saturated carbocycles. The van der Waals surface area contributed by atoms with E-state index in [2.05, 4.69) is 18.7 Å². The topological polar surface area (TPSA) is 50.8 Å². The van der Waals surface area contributed by atoms with Gasteiger partial charge in [-0.25, -0.2) is 0 Å². The normalized spacial score (nSPS) is 9.68. The van der Waals surface area contributed by atoms with Crippen LogP contribution >= 0.6 is 0 Å². The van der Waals surface area contributed by atoms with Crippen molar-refractivity contribution in [2.24, 2.45) is 0 Å². The van der Waals surface area contributed by atoms with E-state index in [9.17, 15) is 0 Å². The van der Waals surface area contributed by atoms with Gasteiger partial charge in [0.1, 0.15) is 17.7 Å². The zero-order valence-corrected chi connectivity index (χ0v) is 11.3. The van der Waals surface area contributed by atoms with E-state index in [0.717, 1.165) is 18.7 Å². The SMILES string of the molecule is CCN(/C=C/C(=C(C#N)C#N)c1ccccc1)CC. The van der Waals surface area contributed by atoms with Crippen LogP contribution in [-0.2, 0) is 0 Å². The first-order chi connectivity index (χ1) is 9.26. The van der Waals surface area contributed by atoms with Gasteiger partial charge in [-0.2, -0.15) is 10.5 Å². The largest absolute Gasteiger partial charge is 0.378 e. The Kier molecular flexibility index (Phi) is 5.92. The fourth-order valence-electron chi connectivity index (χ4n) is 1.70. The first-order valence-electron chi connectivity index (χ1n) is 6.28. The van der Waals surface area contributed by atoms with Crippen molar-refractivity contribution in [2.45, 2.75) is 13.8 Å². The summed E-state index contributed by atoms with van der Waals surface area (Å²) in [5.41, 5.74) is 1.68. The molecular formula is C16H17N3. The average Bonchev–Trinajstić information content (AvgIpc) is 2.48. The molecule has 96 valence electrons. The molecule has 1 aromatic carbocycles. The van der Waals surface area contributed by atoms with Crippen molar-refractivity contribution in [2.75, 3.05) is 13.1 Å². The summed E-state index contributed by atoms with van der Waals surface area (Å²) in [7, 11) is 0. The van der Waals surface area contributed by atoms with E-state index in [1.165, 1.54) is 0 Å². The molecule has 3 heteroatoms. The molecule has 0 aliphatic heterocycles. The summed E-state index contributed by atoms with van der Waals surface area (Å²) in [5.74, 6) is 0. The highest BCUT2D eigenvalue weighted by Gasteiger charge is 2.06. The maximum atomic E-state index is 9.06. The van der Waals surface area contributed by atoms with Crippen LogP contribution in [0, 0.1) is 22.7 Å². The Morgan fingerprint density at radius 1 is 1.11 bits per heavy atom. The van der Waals surface area contributed by atoms with Gasteiger partial charge >= 0.3 is 0 Å². The minimum atomic E-state index is 0.134. The van der Waals surface area contributed by atoms with Gasteiger partial charge in [0.15, 0.2) is 0 Å². The minimum Gasteiger partial charge on any atom is -0.378 e. The van der Waals surface area contributed by atoms with E-state index >= 15 is 0 Å². The molecule has 0 spiro atoms. The van der Waals surface area contributed by atoms with Crippen LogP contribution in [0.15, 0.2) is 48.2 Å². The second kappa shape index (κ2) is 7.74. The Bertz CT molecular complexity index is 522. The molecule has 1 rings (SSSR count). The molecule has 0 radical (unpaired) electrons. The van der Waals surface area contributed by atoms with Gasteiger partial charge in [0, 0.05) is 18.7 Å². The highest BCUT2D eigenvalue weighted by Crippen LogP contribution is 2.20. The summed E-state index contributed by atoms with van der Waals surface area (Å²) >= 11 is 0. The number of allylic oxidation sites excluding steroid dienone is 3. The molecule has 0 heterocycles. The van der Waals surface area contributed by atoms with E-state index in [1.54, 1.807) is 0 Å². The van der Waals surface area contributed by atoms with Gasteiger partial charge < -0.3 is 4.90 Å². The maximum absolute atomic E-state index is 9.06. The smallest absolute Gasteiger partial charge is 0.137 e. The second-order valence-electron chi connectivity index (χ2n) is 3.92. The number of nitriles is 2. The van der Waals surface area contributed by atoms with Crippen molar-refractivity contribution in [3.05, 3.63) is 53.7 Å². The predicted octanol–water partition coefficient (Wildman–Crippen LogP) is 3.34. The third kappa shape index (κ3) is 4.01. The summed E-state index contributed by atoms with van der Waals surface area (Å²) in [6.07, 6.45) is 3.76. The molecule has 0 aromatic heterocycles. The third-order valence-corrected chi connectivity index (χ3v) is 2.84. The summed E-state index contributed by atoms with van der Waals surface area (Å²) < 4.78 is 0. The fourth-order valence-corrected chi connectivity index (χ4v) is 1.70. The molecule has 0 bridgehead atoms. The van der Waals surface area contributed by atoms with Gasteiger partial charge in [0.05, 0.1) is 0 Å². The molecule has 19 heavy (non-hydrogen) atoms. The second-order valence-corrected chi connectivity index (χ2v) is 3.92. The first-order valence-corrected chi connectivity index (χ1v) is 6.28. The molecule has 0 fully saturated rings. The van der Waals surface area contributed by atoms with Crippen LogP contribution in [0.1, 0.15) is 19.4 Å². The van der Waals surface area contributed by atoms with Crippen LogP contribution in [0.5, 0.6) is 0 Å². The van der Waals surface area contributed by atoms with Crippen molar-refractivity contribution in [1.29, 1.82) is 10.5 Å². The molecule has 0 atom stereocenters. The number of rotatable bonds is 5.